The Morgan fingerprint density at radius 2 is 2.35 bits per heavy atom. The van der Waals surface area contributed by atoms with E-state index in [9.17, 15) is 0 Å². The summed E-state index contributed by atoms with van der Waals surface area (Å²) >= 11 is 9.48. The third-order valence-electron chi connectivity index (χ3n) is 3.08. The molecule has 4 heteroatoms. The number of piperidine rings is 1. The van der Waals surface area contributed by atoms with Crippen LogP contribution in [0.15, 0.2) is 22.7 Å². The highest BCUT2D eigenvalue weighted by atomic mass is 79.9. The molecule has 1 saturated heterocycles. The zero-order chi connectivity index (χ0) is 12.1. The van der Waals surface area contributed by atoms with Crippen LogP contribution in [-0.2, 0) is 0 Å². The fourth-order valence-corrected chi connectivity index (χ4v) is 2.61. The van der Waals surface area contributed by atoms with Gasteiger partial charge in [-0.25, -0.2) is 0 Å². The average Bonchev–Trinajstić information content (AvgIpc) is 2.35. The number of nitrogens with one attached hydrogen (secondary N) is 1. The van der Waals surface area contributed by atoms with Crippen molar-refractivity contribution in [3.63, 3.8) is 0 Å². The molecule has 94 valence electrons. The summed E-state index contributed by atoms with van der Waals surface area (Å²) in [5.74, 6) is 1.51. The van der Waals surface area contributed by atoms with E-state index in [1.54, 1.807) is 0 Å². The van der Waals surface area contributed by atoms with Gasteiger partial charge < -0.3 is 10.1 Å². The summed E-state index contributed by atoms with van der Waals surface area (Å²) in [6.45, 7) is 3.02. The quantitative estimate of drug-likeness (QED) is 0.910. The maximum absolute atomic E-state index is 6.06. The van der Waals surface area contributed by atoms with Crippen LogP contribution in [0.4, 0.5) is 0 Å². The van der Waals surface area contributed by atoms with Crippen molar-refractivity contribution < 1.29 is 4.74 Å². The lowest BCUT2D eigenvalue weighted by Gasteiger charge is -2.22. The Balaban J connectivity index is 1.79. The van der Waals surface area contributed by atoms with Gasteiger partial charge in [-0.15, -0.1) is 0 Å². The van der Waals surface area contributed by atoms with E-state index in [-0.39, 0.29) is 0 Å². The predicted octanol–water partition coefficient (Wildman–Crippen LogP) is 3.87. The molecule has 0 amide bonds. The van der Waals surface area contributed by atoms with Crippen LogP contribution in [0.1, 0.15) is 19.3 Å². The molecular weight excluding hydrogens is 302 g/mol. The third kappa shape index (κ3) is 4.16. The highest BCUT2D eigenvalue weighted by Crippen LogP contribution is 2.28. The van der Waals surface area contributed by atoms with E-state index in [0.717, 1.165) is 42.3 Å². The zero-order valence-corrected chi connectivity index (χ0v) is 12.1. The SMILES string of the molecule is Clc1ccc(Br)cc1OCCC1CCCNC1. The molecule has 2 nitrogen and oxygen atoms in total. The lowest BCUT2D eigenvalue weighted by Crippen LogP contribution is -2.30. The molecule has 0 bridgehead atoms. The summed E-state index contributed by atoms with van der Waals surface area (Å²) < 4.78 is 6.73. The van der Waals surface area contributed by atoms with Crippen LogP contribution in [0.25, 0.3) is 0 Å². The van der Waals surface area contributed by atoms with Crippen molar-refractivity contribution in [3.8, 4) is 5.75 Å². The maximum atomic E-state index is 6.06. The van der Waals surface area contributed by atoms with Gasteiger partial charge in [0.2, 0.25) is 0 Å². The first-order valence-electron chi connectivity index (χ1n) is 6.04. The number of hydrogen-bond acceptors (Lipinski definition) is 2. The van der Waals surface area contributed by atoms with E-state index < -0.39 is 0 Å². The van der Waals surface area contributed by atoms with Crippen LogP contribution in [0.2, 0.25) is 5.02 Å². The Labute approximate surface area is 116 Å². The second-order valence-corrected chi connectivity index (χ2v) is 5.75. The van der Waals surface area contributed by atoms with Crippen LogP contribution in [-0.4, -0.2) is 19.7 Å². The number of ether oxygens (including phenoxy) is 1. The molecule has 1 fully saturated rings. The molecular formula is C13H17BrClNO. The molecule has 0 spiro atoms. The Morgan fingerprint density at radius 1 is 1.47 bits per heavy atom. The standard InChI is InChI=1S/C13H17BrClNO/c14-11-3-4-12(15)13(8-11)17-7-5-10-2-1-6-16-9-10/h3-4,8,10,16H,1-2,5-7,9H2. The van der Waals surface area contributed by atoms with Gasteiger partial charge in [0, 0.05) is 4.47 Å². The smallest absolute Gasteiger partial charge is 0.139 e. The summed E-state index contributed by atoms with van der Waals surface area (Å²) in [5.41, 5.74) is 0. The Kier molecular flexibility index (Phi) is 5.14. The van der Waals surface area contributed by atoms with E-state index >= 15 is 0 Å². The minimum Gasteiger partial charge on any atom is -0.492 e. The molecule has 0 aliphatic carbocycles. The fraction of sp³-hybridized carbons (Fsp3) is 0.538. The second-order valence-electron chi connectivity index (χ2n) is 4.42. The molecule has 1 aromatic carbocycles. The first kappa shape index (κ1) is 13.2. The molecule has 1 N–H and O–H groups in total. The summed E-state index contributed by atoms with van der Waals surface area (Å²) in [7, 11) is 0. The first-order valence-corrected chi connectivity index (χ1v) is 7.21. The highest BCUT2D eigenvalue weighted by molar-refractivity contribution is 9.10. The van der Waals surface area contributed by atoms with Crippen molar-refractivity contribution in [2.24, 2.45) is 5.92 Å². The van der Waals surface area contributed by atoms with Crippen LogP contribution < -0.4 is 10.1 Å². The topological polar surface area (TPSA) is 21.3 Å². The largest absolute Gasteiger partial charge is 0.492 e. The molecule has 1 aliphatic heterocycles. The molecule has 0 saturated carbocycles. The normalized spacial score (nSPS) is 20.2. The van der Waals surface area contributed by atoms with E-state index in [4.69, 9.17) is 16.3 Å². The van der Waals surface area contributed by atoms with Gasteiger partial charge >= 0.3 is 0 Å². The summed E-state index contributed by atoms with van der Waals surface area (Å²) in [6, 6.07) is 5.69. The van der Waals surface area contributed by atoms with Crippen molar-refractivity contribution in [2.75, 3.05) is 19.7 Å². The minimum atomic E-state index is 0.676. The van der Waals surface area contributed by atoms with Gasteiger partial charge in [-0.3, -0.25) is 0 Å². The monoisotopic (exact) mass is 317 g/mol. The minimum absolute atomic E-state index is 0.676. The number of benzene rings is 1. The summed E-state index contributed by atoms with van der Waals surface area (Å²) in [5, 5.41) is 4.09. The van der Waals surface area contributed by atoms with Gasteiger partial charge in [0.05, 0.1) is 11.6 Å². The Hall–Kier alpha value is -0.250. The lowest BCUT2D eigenvalue weighted by atomic mass is 9.97. The number of rotatable bonds is 4. The zero-order valence-electron chi connectivity index (χ0n) is 9.72. The molecule has 0 radical (unpaired) electrons. The van der Waals surface area contributed by atoms with Gasteiger partial charge in [-0.05, 0) is 56.5 Å². The first-order chi connectivity index (χ1) is 8.25. The predicted molar refractivity (Wildman–Crippen MR) is 74.9 cm³/mol. The van der Waals surface area contributed by atoms with Gasteiger partial charge in [0.25, 0.3) is 0 Å². The summed E-state index contributed by atoms with van der Waals surface area (Å²) in [4.78, 5) is 0. The van der Waals surface area contributed by atoms with Crippen LogP contribution >= 0.6 is 27.5 Å². The molecule has 1 aliphatic rings. The van der Waals surface area contributed by atoms with Crippen molar-refractivity contribution in [2.45, 2.75) is 19.3 Å². The molecule has 1 aromatic rings. The Morgan fingerprint density at radius 3 is 3.12 bits per heavy atom. The van der Waals surface area contributed by atoms with E-state index in [1.807, 2.05) is 18.2 Å². The number of halogens is 2. The van der Waals surface area contributed by atoms with Gasteiger partial charge in [0.1, 0.15) is 5.75 Å². The van der Waals surface area contributed by atoms with Gasteiger partial charge in [0.15, 0.2) is 0 Å². The Bertz CT molecular complexity index is 366. The van der Waals surface area contributed by atoms with Crippen LogP contribution in [0.3, 0.4) is 0 Å². The molecule has 0 aromatic heterocycles. The number of hydrogen-bond donors (Lipinski definition) is 1. The molecule has 17 heavy (non-hydrogen) atoms. The van der Waals surface area contributed by atoms with E-state index in [0.29, 0.717) is 5.02 Å². The van der Waals surface area contributed by atoms with Crippen molar-refractivity contribution in [1.29, 1.82) is 0 Å². The van der Waals surface area contributed by atoms with E-state index in [1.165, 1.54) is 12.8 Å². The lowest BCUT2D eigenvalue weighted by molar-refractivity contribution is 0.254. The molecule has 1 unspecified atom stereocenters. The molecule has 2 rings (SSSR count). The van der Waals surface area contributed by atoms with E-state index in [2.05, 4.69) is 21.2 Å². The average molecular weight is 319 g/mol. The van der Waals surface area contributed by atoms with Gasteiger partial charge in [-0.1, -0.05) is 27.5 Å². The molecule has 1 heterocycles. The maximum Gasteiger partial charge on any atom is 0.139 e. The van der Waals surface area contributed by atoms with Gasteiger partial charge in [-0.2, -0.15) is 0 Å². The second kappa shape index (κ2) is 6.62. The third-order valence-corrected chi connectivity index (χ3v) is 3.88. The highest BCUT2D eigenvalue weighted by Gasteiger charge is 2.13. The van der Waals surface area contributed by atoms with Crippen LogP contribution in [0.5, 0.6) is 5.75 Å². The van der Waals surface area contributed by atoms with Crippen LogP contribution in [0, 0.1) is 5.92 Å². The fourth-order valence-electron chi connectivity index (χ4n) is 2.09. The van der Waals surface area contributed by atoms with Crippen molar-refractivity contribution in [3.05, 3.63) is 27.7 Å². The van der Waals surface area contributed by atoms with Crippen molar-refractivity contribution >= 4 is 27.5 Å². The van der Waals surface area contributed by atoms with Crippen molar-refractivity contribution in [1.82, 2.24) is 5.32 Å². The summed E-state index contributed by atoms with van der Waals surface area (Å²) in [6.07, 6.45) is 3.68. The molecule has 1 atom stereocenters.